The maximum Gasteiger partial charge on any atom is 0.410 e. The number of fused-ring (bicyclic) bond motifs is 1. The molecule has 174 valence electrons. The highest BCUT2D eigenvalue weighted by Gasteiger charge is 2.33. The summed E-state index contributed by atoms with van der Waals surface area (Å²) in [5.74, 6) is 0. The number of imidazole rings is 1. The number of hydrogen-bond donors (Lipinski definition) is 0. The quantitative estimate of drug-likeness (QED) is 0.433. The molecule has 1 fully saturated rings. The fourth-order valence-corrected chi connectivity index (χ4v) is 4.53. The second-order valence-electron chi connectivity index (χ2n) is 9.62. The van der Waals surface area contributed by atoms with Crippen LogP contribution in [0.2, 0.25) is 0 Å². The van der Waals surface area contributed by atoms with Gasteiger partial charge in [0.25, 0.3) is 0 Å². The van der Waals surface area contributed by atoms with Gasteiger partial charge < -0.3 is 9.64 Å². The van der Waals surface area contributed by atoms with Crippen molar-refractivity contribution in [1.29, 1.82) is 0 Å². The summed E-state index contributed by atoms with van der Waals surface area (Å²) in [4.78, 5) is 32.6. The standard InChI is InChI=1S/C27H28N4O3/c1-27(2,3)34-26(33)29-16-14-22(18-29)31-24-23(13-8-15-28-24)30(25(31)32)21-12-7-11-20(17-21)19-9-5-4-6-10-19/h4-13,15,17,22H,14,16,18H2,1-3H3. The van der Waals surface area contributed by atoms with Crippen LogP contribution in [0.15, 0.2) is 77.7 Å². The van der Waals surface area contributed by atoms with E-state index in [1.807, 2.05) is 75.4 Å². The molecule has 0 bridgehead atoms. The maximum atomic E-state index is 13.8. The first kappa shape index (κ1) is 21.9. The predicted octanol–water partition coefficient (Wildman–Crippen LogP) is 5.04. The zero-order valence-electron chi connectivity index (χ0n) is 19.6. The van der Waals surface area contributed by atoms with Crippen molar-refractivity contribution < 1.29 is 9.53 Å². The van der Waals surface area contributed by atoms with Crippen LogP contribution in [0.5, 0.6) is 0 Å². The molecule has 5 rings (SSSR count). The predicted molar refractivity (Wildman–Crippen MR) is 132 cm³/mol. The molecule has 0 spiro atoms. The number of amides is 1. The number of hydrogen-bond acceptors (Lipinski definition) is 4. The summed E-state index contributed by atoms with van der Waals surface area (Å²) >= 11 is 0. The lowest BCUT2D eigenvalue weighted by Crippen LogP contribution is -2.36. The Morgan fingerprint density at radius 1 is 1.00 bits per heavy atom. The molecule has 0 aliphatic carbocycles. The average molecular weight is 457 g/mol. The molecule has 4 aromatic rings. The van der Waals surface area contributed by atoms with Gasteiger partial charge in [-0.05, 0) is 62.6 Å². The third kappa shape index (κ3) is 4.09. The topological polar surface area (TPSA) is 69.4 Å². The number of likely N-dealkylation sites (tertiary alicyclic amines) is 1. The van der Waals surface area contributed by atoms with Crippen LogP contribution in [0.3, 0.4) is 0 Å². The number of rotatable bonds is 3. The molecule has 1 aliphatic heterocycles. The van der Waals surface area contributed by atoms with E-state index in [1.165, 1.54) is 0 Å². The molecule has 7 heteroatoms. The molecular weight excluding hydrogens is 428 g/mol. The Morgan fingerprint density at radius 2 is 1.76 bits per heavy atom. The van der Waals surface area contributed by atoms with Crippen molar-refractivity contribution in [2.24, 2.45) is 0 Å². The third-order valence-corrected chi connectivity index (χ3v) is 6.02. The molecule has 34 heavy (non-hydrogen) atoms. The number of carbonyl (C=O) groups is 1. The zero-order valence-corrected chi connectivity index (χ0v) is 19.6. The largest absolute Gasteiger partial charge is 0.444 e. The first-order valence-corrected chi connectivity index (χ1v) is 11.5. The monoisotopic (exact) mass is 456 g/mol. The summed E-state index contributed by atoms with van der Waals surface area (Å²) in [5.41, 5.74) is 3.55. The second kappa shape index (κ2) is 8.48. The van der Waals surface area contributed by atoms with Gasteiger partial charge in [-0.15, -0.1) is 0 Å². The van der Waals surface area contributed by atoms with E-state index in [0.717, 1.165) is 22.3 Å². The number of nitrogens with zero attached hydrogens (tertiary/aromatic N) is 4. The SMILES string of the molecule is CC(C)(C)OC(=O)N1CCC(n2c(=O)n(-c3cccc(-c4ccccc4)c3)c3cccnc32)C1. The molecule has 2 aromatic carbocycles. The van der Waals surface area contributed by atoms with Gasteiger partial charge in [0.05, 0.1) is 17.2 Å². The Morgan fingerprint density at radius 3 is 2.53 bits per heavy atom. The molecule has 3 heterocycles. The molecule has 1 saturated heterocycles. The van der Waals surface area contributed by atoms with Crippen LogP contribution in [0, 0.1) is 0 Å². The van der Waals surface area contributed by atoms with Gasteiger partial charge in [-0.1, -0.05) is 42.5 Å². The minimum absolute atomic E-state index is 0.157. The summed E-state index contributed by atoms with van der Waals surface area (Å²) in [6.45, 7) is 6.50. The van der Waals surface area contributed by atoms with Gasteiger partial charge >= 0.3 is 11.8 Å². The normalized spacial score (nSPS) is 16.2. The van der Waals surface area contributed by atoms with E-state index >= 15 is 0 Å². The molecule has 0 saturated carbocycles. The van der Waals surface area contributed by atoms with E-state index in [1.54, 1.807) is 20.2 Å². The van der Waals surface area contributed by atoms with Gasteiger partial charge in [0.15, 0.2) is 5.65 Å². The number of pyridine rings is 1. The highest BCUT2D eigenvalue weighted by Crippen LogP contribution is 2.28. The molecular formula is C27H28N4O3. The van der Waals surface area contributed by atoms with Crippen molar-refractivity contribution in [3.05, 3.63) is 83.4 Å². The van der Waals surface area contributed by atoms with Crippen LogP contribution in [0.1, 0.15) is 33.2 Å². The first-order valence-electron chi connectivity index (χ1n) is 11.5. The van der Waals surface area contributed by atoms with Crippen LogP contribution < -0.4 is 5.69 Å². The van der Waals surface area contributed by atoms with Gasteiger partial charge in [0.1, 0.15) is 5.60 Å². The summed E-state index contributed by atoms with van der Waals surface area (Å²) in [6, 6.07) is 21.6. The van der Waals surface area contributed by atoms with Gasteiger partial charge in [-0.2, -0.15) is 0 Å². The fourth-order valence-electron chi connectivity index (χ4n) is 4.53. The van der Waals surface area contributed by atoms with Gasteiger partial charge in [0, 0.05) is 19.3 Å². The van der Waals surface area contributed by atoms with Crippen LogP contribution in [-0.2, 0) is 4.74 Å². The van der Waals surface area contributed by atoms with E-state index < -0.39 is 5.60 Å². The molecule has 0 N–H and O–H groups in total. The van der Waals surface area contributed by atoms with Crippen LogP contribution >= 0.6 is 0 Å². The van der Waals surface area contributed by atoms with Gasteiger partial charge in [-0.3, -0.25) is 9.13 Å². The van der Waals surface area contributed by atoms with E-state index in [0.29, 0.717) is 25.2 Å². The Hall–Kier alpha value is -3.87. The highest BCUT2D eigenvalue weighted by molar-refractivity contribution is 5.76. The fraction of sp³-hybridized carbons (Fsp3) is 0.296. The number of benzene rings is 2. The van der Waals surface area contributed by atoms with Crippen LogP contribution in [0.25, 0.3) is 28.0 Å². The Labute approximate surface area is 198 Å². The number of carbonyl (C=O) groups excluding carboxylic acids is 1. The van der Waals surface area contributed by atoms with E-state index in [2.05, 4.69) is 17.1 Å². The van der Waals surface area contributed by atoms with Gasteiger partial charge in [0.2, 0.25) is 0 Å². The smallest absolute Gasteiger partial charge is 0.410 e. The Balaban J connectivity index is 1.54. The molecule has 0 radical (unpaired) electrons. The number of aromatic nitrogens is 3. The maximum absolute atomic E-state index is 13.8. The Kier molecular flexibility index (Phi) is 5.48. The first-order chi connectivity index (χ1) is 16.3. The van der Waals surface area contributed by atoms with Crippen molar-refractivity contribution >= 4 is 17.3 Å². The zero-order chi connectivity index (χ0) is 23.9. The van der Waals surface area contributed by atoms with E-state index in [-0.39, 0.29) is 17.8 Å². The summed E-state index contributed by atoms with van der Waals surface area (Å²) in [6.07, 6.45) is 2.01. The molecule has 2 aromatic heterocycles. The van der Waals surface area contributed by atoms with Crippen molar-refractivity contribution in [2.45, 2.75) is 38.8 Å². The van der Waals surface area contributed by atoms with Gasteiger partial charge in [-0.25, -0.2) is 14.6 Å². The summed E-state index contributed by atoms with van der Waals surface area (Å²) < 4.78 is 8.98. The summed E-state index contributed by atoms with van der Waals surface area (Å²) in [5, 5.41) is 0. The molecule has 1 atom stereocenters. The van der Waals surface area contributed by atoms with Crippen LogP contribution in [0.4, 0.5) is 4.79 Å². The minimum Gasteiger partial charge on any atom is -0.444 e. The second-order valence-corrected chi connectivity index (χ2v) is 9.62. The Bertz CT molecular complexity index is 1400. The lowest BCUT2D eigenvalue weighted by molar-refractivity contribution is 0.0289. The van der Waals surface area contributed by atoms with Crippen molar-refractivity contribution in [3.8, 4) is 16.8 Å². The highest BCUT2D eigenvalue weighted by atomic mass is 16.6. The molecule has 1 aliphatic rings. The minimum atomic E-state index is -0.562. The van der Waals surface area contributed by atoms with Crippen LogP contribution in [-0.4, -0.2) is 43.8 Å². The number of ether oxygens (including phenoxy) is 1. The van der Waals surface area contributed by atoms with Crippen molar-refractivity contribution in [2.75, 3.05) is 13.1 Å². The molecule has 1 unspecified atom stereocenters. The summed E-state index contributed by atoms with van der Waals surface area (Å²) in [7, 11) is 0. The third-order valence-electron chi connectivity index (χ3n) is 6.02. The lowest BCUT2D eigenvalue weighted by atomic mass is 10.1. The molecule has 1 amide bonds. The van der Waals surface area contributed by atoms with Crippen molar-refractivity contribution in [3.63, 3.8) is 0 Å². The molecule has 7 nitrogen and oxygen atoms in total. The van der Waals surface area contributed by atoms with E-state index in [4.69, 9.17) is 4.74 Å². The lowest BCUT2D eigenvalue weighted by Gasteiger charge is -2.24. The average Bonchev–Trinajstić information content (AvgIpc) is 3.41. The van der Waals surface area contributed by atoms with E-state index in [9.17, 15) is 9.59 Å². The van der Waals surface area contributed by atoms with Crippen molar-refractivity contribution in [1.82, 2.24) is 19.0 Å².